The third-order valence-corrected chi connectivity index (χ3v) is 5.30. The Morgan fingerprint density at radius 2 is 2.22 bits per heavy atom. The van der Waals surface area contributed by atoms with Crippen LogP contribution in [0.3, 0.4) is 0 Å². The van der Waals surface area contributed by atoms with Crippen LogP contribution < -0.4 is 11.0 Å². The highest BCUT2D eigenvalue weighted by molar-refractivity contribution is 7.18. The molecule has 1 aliphatic rings. The smallest absolute Gasteiger partial charge is 0.305 e. The van der Waals surface area contributed by atoms with Crippen LogP contribution in [0.1, 0.15) is 39.7 Å². The molecule has 3 aromatic heterocycles. The van der Waals surface area contributed by atoms with E-state index < -0.39 is 5.91 Å². The van der Waals surface area contributed by atoms with Gasteiger partial charge in [-0.25, -0.2) is 9.66 Å². The maximum Gasteiger partial charge on any atom is 0.305 e. The van der Waals surface area contributed by atoms with Gasteiger partial charge in [0, 0.05) is 4.88 Å². The fourth-order valence-electron chi connectivity index (χ4n) is 3.00. The largest absolute Gasteiger partial charge is 0.459 e. The Kier molecular flexibility index (Phi) is 3.30. The first kappa shape index (κ1) is 14.2. The summed E-state index contributed by atoms with van der Waals surface area (Å²) in [6, 6.07) is 3.18. The molecule has 4 rings (SSSR count). The number of aromatic nitrogens is 2. The molecule has 6 nitrogen and oxygen atoms in total. The first-order valence-corrected chi connectivity index (χ1v) is 8.35. The molecule has 0 bridgehead atoms. The molecule has 0 spiro atoms. The molecule has 0 unspecified atom stereocenters. The van der Waals surface area contributed by atoms with Gasteiger partial charge in [0.25, 0.3) is 5.56 Å². The molecular formula is C16H15N3O3S. The van der Waals surface area contributed by atoms with Gasteiger partial charge in [-0.05, 0) is 50.3 Å². The van der Waals surface area contributed by atoms with Crippen molar-refractivity contribution in [3.8, 4) is 0 Å². The third-order valence-electron chi connectivity index (χ3n) is 4.11. The van der Waals surface area contributed by atoms with E-state index in [0.29, 0.717) is 11.2 Å². The van der Waals surface area contributed by atoms with Gasteiger partial charge in [-0.15, -0.1) is 11.3 Å². The number of hydrogen-bond acceptors (Lipinski definition) is 5. The number of fused-ring (bicyclic) bond motifs is 3. The number of carbonyl (C=O) groups excluding carboxylic acids is 1. The summed E-state index contributed by atoms with van der Waals surface area (Å²) in [6.45, 7) is 1.71. The molecule has 118 valence electrons. The normalized spacial score (nSPS) is 14.0. The van der Waals surface area contributed by atoms with Crippen molar-refractivity contribution in [1.29, 1.82) is 0 Å². The van der Waals surface area contributed by atoms with E-state index in [1.807, 2.05) is 0 Å². The topological polar surface area (TPSA) is 77.1 Å². The van der Waals surface area contributed by atoms with Gasteiger partial charge in [0.1, 0.15) is 10.7 Å². The number of nitrogens with zero attached hydrogens (tertiary/aromatic N) is 2. The molecule has 3 heterocycles. The second kappa shape index (κ2) is 5.34. The van der Waals surface area contributed by atoms with E-state index in [1.165, 1.54) is 15.8 Å². The standard InChI is InChI=1S/C16H15N3O3S/c1-9-17-15-13(10-5-2-3-7-12(10)23-15)16(21)19(9)18-14(20)11-6-4-8-22-11/h4,6,8H,2-3,5,7H2,1H3,(H,18,20). The second-order valence-electron chi connectivity index (χ2n) is 5.61. The highest BCUT2D eigenvalue weighted by Gasteiger charge is 2.22. The van der Waals surface area contributed by atoms with Crippen LogP contribution in [0.25, 0.3) is 10.2 Å². The Morgan fingerprint density at radius 3 is 3.00 bits per heavy atom. The molecule has 0 saturated heterocycles. The van der Waals surface area contributed by atoms with Crippen LogP contribution in [0.2, 0.25) is 0 Å². The molecule has 0 atom stereocenters. The van der Waals surface area contributed by atoms with Gasteiger partial charge in [-0.1, -0.05) is 0 Å². The van der Waals surface area contributed by atoms with Crippen molar-refractivity contribution in [3.05, 3.63) is 50.8 Å². The lowest BCUT2D eigenvalue weighted by Gasteiger charge is -2.12. The number of hydrogen-bond donors (Lipinski definition) is 1. The zero-order valence-electron chi connectivity index (χ0n) is 12.6. The van der Waals surface area contributed by atoms with Crippen molar-refractivity contribution < 1.29 is 9.21 Å². The maximum absolute atomic E-state index is 12.9. The van der Waals surface area contributed by atoms with E-state index in [2.05, 4.69) is 10.4 Å². The number of thiophene rings is 1. The van der Waals surface area contributed by atoms with Crippen molar-refractivity contribution in [3.63, 3.8) is 0 Å². The molecule has 0 fully saturated rings. The second-order valence-corrected chi connectivity index (χ2v) is 6.69. The highest BCUT2D eigenvalue weighted by atomic mass is 32.1. The molecule has 1 aliphatic carbocycles. The van der Waals surface area contributed by atoms with Crippen LogP contribution >= 0.6 is 11.3 Å². The van der Waals surface area contributed by atoms with Crippen molar-refractivity contribution in [2.24, 2.45) is 0 Å². The summed E-state index contributed by atoms with van der Waals surface area (Å²) in [5.41, 5.74) is 3.47. The Bertz CT molecular complexity index is 953. The fourth-order valence-corrected chi connectivity index (χ4v) is 4.30. The lowest BCUT2D eigenvalue weighted by Crippen LogP contribution is -2.35. The number of nitrogens with one attached hydrogen (secondary N) is 1. The minimum Gasteiger partial charge on any atom is -0.459 e. The Hall–Kier alpha value is -2.41. The summed E-state index contributed by atoms with van der Waals surface area (Å²) in [5, 5.41) is 0.648. The van der Waals surface area contributed by atoms with Crippen LogP contribution in [-0.4, -0.2) is 15.6 Å². The number of aryl methyl sites for hydroxylation is 3. The maximum atomic E-state index is 12.9. The minimum absolute atomic E-state index is 0.156. The number of amides is 1. The quantitative estimate of drug-likeness (QED) is 0.784. The predicted molar refractivity (Wildman–Crippen MR) is 87.7 cm³/mol. The van der Waals surface area contributed by atoms with Crippen LogP contribution in [0.15, 0.2) is 27.6 Å². The molecule has 0 aromatic carbocycles. The lowest BCUT2D eigenvalue weighted by atomic mass is 9.97. The van der Waals surface area contributed by atoms with Gasteiger partial charge in [0.15, 0.2) is 5.76 Å². The van der Waals surface area contributed by atoms with E-state index in [9.17, 15) is 9.59 Å². The average Bonchev–Trinajstić information content (AvgIpc) is 3.18. The van der Waals surface area contributed by atoms with Gasteiger partial charge in [-0.3, -0.25) is 15.0 Å². The first-order chi connectivity index (χ1) is 11.1. The third kappa shape index (κ3) is 2.28. The fraction of sp³-hybridized carbons (Fsp3) is 0.312. The summed E-state index contributed by atoms with van der Waals surface area (Å²) in [7, 11) is 0. The Morgan fingerprint density at radius 1 is 1.39 bits per heavy atom. The summed E-state index contributed by atoms with van der Waals surface area (Å²) in [5.74, 6) is 0.148. The molecule has 0 radical (unpaired) electrons. The van der Waals surface area contributed by atoms with Gasteiger partial charge in [0.2, 0.25) is 0 Å². The minimum atomic E-state index is -0.467. The zero-order valence-corrected chi connectivity index (χ0v) is 13.4. The molecular weight excluding hydrogens is 314 g/mol. The van der Waals surface area contributed by atoms with Crippen LogP contribution in [0, 0.1) is 6.92 Å². The molecule has 23 heavy (non-hydrogen) atoms. The molecule has 0 saturated carbocycles. The van der Waals surface area contributed by atoms with Gasteiger partial charge >= 0.3 is 5.91 Å². The van der Waals surface area contributed by atoms with E-state index in [0.717, 1.165) is 36.1 Å². The van der Waals surface area contributed by atoms with Crippen LogP contribution in [0.5, 0.6) is 0 Å². The van der Waals surface area contributed by atoms with E-state index >= 15 is 0 Å². The molecule has 3 aromatic rings. The summed E-state index contributed by atoms with van der Waals surface area (Å²) in [4.78, 5) is 31.6. The average molecular weight is 329 g/mol. The summed E-state index contributed by atoms with van der Waals surface area (Å²) < 4.78 is 6.28. The van der Waals surface area contributed by atoms with Crippen molar-refractivity contribution in [2.45, 2.75) is 32.6 Å². The van der Waals surface area contributed by atoms with Gasteiger partial charge in [-0.2, -0.15) is 0 Å². The highest BCUT2D eigenvalue weighted by Crippen LogP contribution is 2.33. The summed E-state index contributed by atoms with van der Waals surface area (Å²) in [6.07, 6.45) is 5.57. The number of rotatable bonds is 2. The number of furan rings is 1. The molecule has 1 N–H and O–H groups in total. The SMILES string of the molecule is Cc1nc2sc3c(c2c(=O)n1NC(=O)c1ccco1)CCCC3. The molecule has 0 aliphatic heterocycles. The predicted octanol–water partition coefficient (Wildman–Crippen LogP) is 2.62. The van der Waals surface area contributed by atoms with E-state index in [1.54, 1.807) is 30.4 Å². The van der Waals surface area contributed by atoms with Crippen LogP contribution in [0.4, 0.5) is 0 Å². The Balaban J connectivity index is 1.84. The monoisotopic (exact) mass is 329 g/mol. The van der Waals surface area contributed by atoms with E-state index in [4.69, 9.17) is 4.42 Å². The van der Waals surface area contributed by atoms with Crippen LogP contribution in [-0.2, 0) is 12.8 Å². The summed E-state index contributed by atoms with van der Waals surface area (Å²) >= 11 is 1.60. The van der Waals surface area contributed by atoms with Gasteiger partial charge < -0.3 is 4.42 Å². The number of carbonyl (C=O) groups is 1. The lowest BCUT2D eigenvalue weighted by molar-refractivity contribution is 0.0980. The molecule has 7 heteroatoms. The van der Waals surface area contributed by atoms with Crippen molar-refractivity contribution >= 4 is 27.5 Å². The van der Waals surface area contributed by atoms with Gasteiger partial charge in [0.05, 0.1) is 11.6 Å². The van der Waals surface area contributed by atoms with Crippen molar-refractivity contribution in [2.75, 3.05) is 5.43 Å². The molecule has 1 amide bonds. The van der Waals surface area contributed by atoms with E-state index in [-0.39, 0.29) is 11.3 Å². The first-order valence-electron chi connectivity index (χ1n) is 7.54. The zero-order chi connectivity index (χ0) is 16.0. The van der Waals surface area contributed by atoms with Crippen molar-refractivity contribution in [1.82, 2.24) is 9.66 Å². The Labute approximate surface area is 135 Å².